The zero-order chi connectivity index (χ0) is 21.3. The van der Waals surface area contributed by atoms with Gasteiger partial charge in [0.25, 0.3) is 11.8 Å². The Balaban J connectivity index is 1.68. The Kier molecular flexibility index (Phi) is 5.49. The quantitative estimate of drug-likeness (QED) is 0.772. The Hall–Kier alpha value is -2.90. The molecule has 2 aromatic heterocycles. The summed E-state index contributed by atoms with van der Waals surface area (Å²) in [6.45, 7) is 3.74. The molecule has 0 spiro atoms. The van der Waals surface area contributed by atoms with E-state index in [1.807, 2.05) is 19.9 Å². The molecule has 3 heterocycles. The second kappa shape index (κ2) is 8.08. The number of halogens is 2. The van der Waals surface area contributed by atoms with Crippen LogP contribution in [0.4, 0.5) is 20.3 Å². The van der Waals surface area contributed by atoms with E-state index in [1.54, 1.807) is 11.1 Å². The van der Waals surface area contributed by atoms with Crippen molar-refractivity contribution in [2.75, 3.05) is 23.3 Å². The molecule has 0 saturated carbocycles. The summed E-state index contributed by atoms with van der Waals surface area (Å²) in [6, 6.07) is 1.84. The van der Waals surface area contributed by atoms with Gasteiger partial charge in [-0.3, -0.25) is 4.79 Å². The van der Waals surface area contributed by atoms with Gasteiger partial charge in [-0.25, -0.2) is 23.7 Å². The molecule has 8 heteroatoms. The van der Waals surface area contributed by atoms with Crippen LogP contribution in [-0.4, -0.2) is 39.9 Å². The molecule has 1 N–H and O–H groups in total. The first-order valence-corrected chi connectivity index (χ1v) is 10.3. The average Bonchev–Trinajstić information content (AvgIpc) is 3.37. The topological polar surface area (TPSA) is 71.0 Å². The van der Waals surface area contributed by atoms with Crippen LogP contribution in [0.1, 0.15) is 67.2 Å². The van der Waals surface area contributed by atoms with Gasteiger partial charge in [-0.2, -0.15) is 0 Å². The number of hydrogen-bond acceptors (Lipinski definition) is 5. The SMILES string of the molecule is CC(C)c1ncc(C(=O)Nc2c(C3=CCCC3)ccnc2N2CCC(F)(F)C2)cn1. The van der Waals surface area contributed by atoms with Crippen molar-refractivity contribution in [2.24, 2.45) is 0 Å². The van der Waals surface area contributed by atoms with Gasteiger partial charge in [-0.1, -0.05) is 19.9 Å². The molecule has 0 radical (unpaired) electrons. The summed E-state index contributed by atoms with van der Waals surface area (Å²) >= 11 is 0. The molecule has 0 bridgehead atoms. The molecule has 158 valence electrons. The molecule has 2 aromatic rings. The largest absolute Gasteiger partial charge is 0.349 e. The van der Waals surface area contributed by atoms with Gasteiger partial charge in [-0.05, 0) is 30.9 Å². The van der Waals surface area contributed by atoms with Crippen LogP contribution in [0, 0.1) is 0 Å². The Morgan fingerprint density at radius 3 is 2.60 bits per heavy atom. The summed E-state index contributed by atoms with van der Waals surface area (Å²) in [5, 5.41) is 2.92. The Morgan fingerprint density at radius 2 is 2.00 bits per heavy atom. The van der Waals surface area contributed by atoms with E-state index in [-0.39, 0.29) is 24.8 Å². The zero-order valence-electron chi connectivity index (χ0n) is 17.2. The van der Waals surface area contributed by atoms with E-state index in [9.17, 15) is 13.6 Å². The van der Waals surface area contributed by atoms with E-state index >= 15 is 0 Å². The van der Waals surface area contributed by atoms with Gasteiger partial charge < -0.3 is 10.2 Å². The molecule has 2 aliphatic rings. The van der Waals surface area contributed by atoms with E-state index in [0.717, 1.165) is 30.4 Å². The number of rotatable bonds is 5. The van der Waals surface area contributed by atoms with Crippen LogP contribution in [0.3, 0.4) is 0 Å². The molecule has 1 amide bonds. The van der Waals surface area contributed by atoms with Gasteiger partial charge in [0.05, 0.1) is 17.8 Å². The van der Waals surface area contributed by atoms with Gasteiger partial charge >= 0.3 is 0 Å². The number of carbonyl (C=O) groups is 1. The molecule has 1 fully saturated rings. The van der Waals surface area contributed by atoms with Crippen LogP contribution in [-0.2, 0) is 0 Å². The second-order valence-corrected chi connectivity index (χ2v) is 8.14. The highest BCUT2D eigenvalue weighted by Crippen LogP contribution is 2.40. The fourth-order valence-corrected chi connectivity index (χ4v) is 3.85. The van der Waals surface area contributed by atoms with Crippen molar-refractivity contribution >= 4 is 23.0 Å². The minimum atomic E-state index is -2.76. The lowest BCUT2D eigenvalue weighted by molar-refractivity contribution is 0.0257. The molecule has 4 rings (SSSR count). The van der Waals surface area contributed by atoms with Gasteiger partial charge in [0.15, 0.2) is 5.82 Å². The molecule has 1 aliphatic carbocycles. The minimum Gasteiger partial charge on any atom is -0.349 e. The highest BCUT2D eigenvalue weighted by Gasteiger charge is 2.40. The van der Waals surface area contributed by atoms with Crippen molar-refractivity contribution in [3.8, 4) is 0 Å². The molecule has 0 unspecified atom stereocenters. The van der Waals surface area contributed by atoms with Crippen molar-refractivity contribution in [3.63, 3.8) is 0 Å². The number of amides is 1. The van der Waals surface area contributed by atoms with E-state index in [1.165, 1.54) is 12.4 Å². The number of anilines is 2. The predicted octanol–water partition coefficient (Wildman–Crippen LogP) is 4.66. The molecular formula is C22H25F2N5O. The highest BCUT2D eigenvalue weighted by atomic mass is 19.3. The Labute approximate surface area is 174 Å². The number of nitrogens with one attached hydrogen (secondary N) is 1. The number of carbonyl (C=O) groups excluding carboxylic acids is 1. The Bertz CT molecular complexity index is 972. The van der Waals surface area contributed by atoms with Gasteiger partial charge in [0.1, 0.15) is 5.82 Å². The third kappa shape index (κ3) is 4.17. The fourth-order valence-electron chi connectivity index (χ4n) is 3.85. The normalized spacial score (nSPS) is 18.0. The summed E-state index contributed by atoms with van der Waals surface area (Å²) in [4.78, 5) is 27.4. The molecule has 0 atom stereocenters. The van der Waals surface area contributed by atoms with Crippen LogP contribution in [0.2, 0.25) is 0 Å². The maximum atomic E-state index is 13.9. The van der Waals surface area contributed by atoms with Crippen molar-refractivity contribution in [1.82, 2.24) is 15.0 Å². The molecular weight excluding hydrogens is 388 g/mol. The molecule has 0 aromatic carbocycles. The minimum absolute atomic E-state index is 0.157. The first-order valence-electron chi connectivity index (χ1n) is 10.3. The van der Waals surface area contributed by atoms with E-state index < -0.39 is 12.5 Å². The first-order chi connectivity index (χ1) is 14.3. The summed E-state index contributed by atoms with van der Waals surface area (Å²) in [7, 11) is 0. The van der Waals surface area contributed by atoms with Crippen molar-refractivity contribution < 1.29 is 13.6 Å². The Morgan fingerprint density at radius 1 is 1.23 bits per heavy atom. The maximum absolute atomic E-state index is 13.9. The summed E-state index contributed by atoms with van der Waals surface area (Å²) in [6.07, 6.45) is 9.40. The number of pyridine rings is 1. The summed E-state index contributed by atoms with van der Waals surface area (Å²) < 4.78 is 27.7. The lowest BCUT2D eigenvalue weighted by Crippen LogP contribution is -2.27. The predicted molar refractivity (Wildman–Crippen MR) is 112 cm³/mol. The van der Waals surface area contributed by atoms with Crippen molar-refractivity contribution in [1.29, 1.82) is 0 Å². The number of aromatic nitrogens is 3. The molecule has 1 saturated heterocycles. The van der Waals surface area contributed by atoms with Crippen LogP contribution in [0.5, 0.6) is 0 Å². The van der Waals surface area contributed by atoms with E-state index in [4.69, 9.17) is 0 Å². The van der Waals surface area contributed by atoms with Crippen LogP contribution >= 0.6 is 0 Å². The highest BCUT2D eigenvalue weighted by molar-refractivity contribution is 6.07. The van der Waals surface area contributed by atoms with Crippen LogP contribution in [0.15, 0.2) is 30.7 Å². The maximum Gasteiger partial charge on any atom is 0.266 e. The fraction of sp³-hybridized carbons (Fsp3) is 0.455. The number of alkyl halides is 2. The average molecular weight is 413 g/mol. The van der Waals surface area contributed by atoms with Crippen molar-refractivity contribution in [3.05, 3.63) is 47.7 Å². The van der Waals surface area contributed by atoms with Crippen LogP contribution in [0.25, 0.3) is 5.57 Å². The van der Waals surface area contributed by atoms with E-state index in [2.05, 4.69) is 26.3 Å². The third-order valence-electron chi connectivity index (χ3n) is 5.48. The lowest BCUT2D eigenvalue weighted by Gasteiger charge is -2.23. The monoisotopic (exact) mass is 413 g/mol. The van der Waals surface area contributed by atoms with E-state index in [0.29, 0.717) is 22.9 Å². The molecule has 1 aliphatic heterocycles. The third-order valence-corrected chi connectivity index (χ3v) is 5.48. The summed E-state index contributed by atoms with van der Waals surface area (Å²) in [5.74, 6) is -1.95. The van der Waals surface area contributed by atoms with Crippen molar-refractivity contribution in [2.45, 2.75) is 51.4 Å². The molecule has 30 heavy (non-hydrogen) atoms. The van der Waals surface area contributed by atoms with Gasteiger partial charge in [-0.15, -0.1) is 0 Å². The smallest absolute Gasteiger partial charge is 0.266 e. The standard InChI is InChI=1S/C22H25F2N5O/c1-14(2)19-26-11-16(12-27-19)21(30)28-18-17(15-5-3-4-6-15)7-9-25-20(18)29-10-8-22(23,24)13-29/h5,7,9,11-12,14H,3-4,6,8,10,13H2,1-2H3,(H,28,30). The second-order valence-electron chi connectivity index (χ2n) is 8.14. The number of nitrogens with zero attached hydrogens (tertiary/aromatic N) is 4. The first kappa shape index (κ1) is 20.4. The van der Waals surface area contributed by atoms with Crippen LogP contribution < -0.4 is 10.2 Å². The lowest BCUT2D eigenvalue weighted by atomic mass is 10.0. The molecule has 6 nitrogen and oxygen atoms in total. The van der Waals surface area contributed by atoms with Gasteiger partial charge in [0, 0.05) is 43.0 Å². The number of allylic oxidation sites excluding steroid dienone is 2. The zero-order valence-corrected chi connectivity index (χ0v) is 17.2. The van der Waals surface area contributed by atoms with Gasteiger partial charge in [0.2, 0.25) is 0 Å². The summed E-state index contributed by atoms with van der Waals surface area (Å²) in [5.41, 5.74) is 2.72. The number of hydrogen-bond donors (Lipinski definition) is 1.